The van der Waals surface area contributed by atoms with Gasteiger partial charge in [-0.25, -0.2) is 0 Å². The Bertz CT molecular complexity index is 275. The van der Waals surface area contributed by atoms with Gasteiger partial charge in [0.1, 0.15) is 0 Å². The molecule has 0 amide bonds. The highest BCUT2D eigenvalue weighted by Gasteiger charge is 2.09. The van der Waals surface area contributed by atoms with E-state index < -0.39 is 0 Å². The Balaban J connectivity index is 2.44. The Morgan fingerprint density at radius 1 is 1.29 bits per heavy atom. The Hall–Kier alpha value is -0.380. The lowest BCUT2D eigenvalue weighted by Crippen LogP contribution is -2.34. The van der Waals surface area contributed by atoms with Gasteiger partial charge in [-0.15, -0.1) is 11.3 Å². The Morgan fingerprint density at radius 2 is 1.93 bits per heavy atom. The molecule has 0 aliphatic carbocycles. The predicted molar refractivity (Wildman–Crippen MR) is 61.6 cm³/mol. The van der Waals surface area contributed by atoms with Crippen LogP contribution in [0.3, 0.4) is 0 Å². The average molecular weight is 213 g/mol. The third-order valence-electron chi connectivity index (χ3n) is 1.80. The van der Waals surface area contributed by atoms with Crippen LogP contribution in [0.1, 0.15) is 30.5 Å². The summed E-state index contributed by atoms with van der Waals surface area (Å²) >= 11 is 1.81. The molecule has 1 N–H and O–H groups in total. The van der Waals surface area contributed by atoms with E-state index in [4.69, 9.17) is 4.74 Å². The third-order valence-corrected chi connectivity index (χ3v) is 2.86. The lowest BCUT2D eigenvalue weighted by Gasteiger charge is -2.19. The molecular formula is C11H19NOS. The molecule has 0 aromatic carbocycles. The van der Waals surface area contributed by atoms with Crippen LogP contribution in [0.5, 0.6) is 0 Å². The zero-order chi connectivity index (χ0) is 10.6. The van der Waals surface area contributed by atoms with Gasteiger partial charge in [-0.05, 0) is 32.9 Å². The molecule has 1 heterocycles. The first kappa shape index (κ1) is 11.7. The first-order chi connectivity index (χ1) is 6.51. The molecule has 0 spiro atoms. The van der Waals surface area contributed by atoms with Crippen LogP contribution in [0.15, 0.2) is 12.1 Å². The molecule has 1 aromatic rings. The van der Waals surface area contributed by atoms with Gasteiger partial charge in [0.25, 0.3) is 0 Å². The fourth-order valence-electron chi connectivity index (χ4n) is 1.09. The molecule has 0 saturated carbocycles. The smallest absolute Gasteiger partial charge is 0.0805 e. The van der Waals surface area contributed by atoms with Gasteiger partial charge in [-0.3, -0.25) is 0 Å². The highest BCUT2D eigenvalue weighted by atomic mass is 32.1. The molecule has 2 nitrogen and oxygen atoms in total. The molecule has 80 valence electrons. The van der Waals surface area contributed by atoms with Gasteiger partial charge < -0.3 is 10.1 Å². The van der Waals surface area contributed by atoms with Crippen LogP contribution in [-0.2, 0) is 17.9 Å². The van der Waals surface area contributed by atoms with Crippen molar-refractivity contribution in [3.05, 3.63) is 21.9 Å². The van der Waals surface area contributed by atoms with Crippen molar-refractivity contribution in [2.75, 3.05) is 7.11 Å². The number of hydrogen-bond acceptors (Lipinski definition) is 3. The topological polar surface area (TPSA) is 21.3 Å². The van der Waals surface area contributed by atoms with Gasteiger partial charge in [-0.2, -0.15) is 0 Å². The van der Waals surface area contributed by atoms with Crippen molar-refractivity contribution < 1.29 is 4.74 Å². The lowest BCUT2D eigenvalue weighted by atomic mass is 10.1. The van der Waals surface area contributed by atoms with E-state index in [0.717, 1.165) is 13.2 Å². The molecule has 0 unspecified atom stereocenters. The van der Waals surface area contributed by atoms with Gasteiger partial charge in [0.15, 0.2) is 0 Å². The van der Waals surface area contributed by atoms with E-state index in [1.165, 1.54) is 9.75 Å². The highest BCUT2D eigenvalue weighted by molar-refractivity contribution is 7.11. The highest BCUT2D eigenvalue weighted by Crippen LogP contribution is 2.17. The minimum absolute atomic E-state index is 0.186. The van der Waals surface area contributed by atoms with Crippen molar-refractivity contribution >= 4 is 11.3 Å². The van der Waals surface area contributed by atoms with Crippen LogP contribution in [0.2, 0.25) is 0 Å². The summed E-state index contributed by atoms with van der Waals surface area (Å²) in [5.41, 5.74) is 0.186. The molecular weight excluding hydrogens is 194 g/mol. The molecule has 1 rings (SSSR count). The maximum Gasteiger partial charge on any atom is 0.0805 e. The maximum atomic E-state index is 5.08. The summed E-state index contributed by atoms with van der Waals surface area (Å²) in [5, 5.41) is 3.46. The summed E-state index contributed by atoms with van der Waals surface area (Å²) in [6.45, 7) is 8.20. The monoisotopic (exact) mass is 213 g/mol. The quantitative estimate of drug-likeness (QED) is 0.830. The number of methoxy groups -OCH3 is 1. The predicted octanol–water partition coefficient (Wildman–Crippen LogP) is 2.78. The van der Waals surface area contributed by atoms with Gasteiger partial charge in [0.05, 0.1) is 6.61 Å². The van der Waals surface area contributed by atoms with E-state index in [2.05, 4.69) is 38.2 Å². The largest absolute Gasteiger partial charge is 0.379 e. The molecule has 0 bridgehead atoms. The molecule has 0 atom stereocenters. The van der Waals surface area contributed by atoms with E-state index >= 15 is 0 Å². The molecule has 0 saturated heterocycles. The van der Waals surface area contributed by atoms with Gasteiger partial charge >= 0.3 is 0 Å². The van der Waals surface area contributed by atoms with Crippen molar-refractivity contribution in [2.45, 2.75) is 39.5 Å². The Kier molecular flexibility index (Phi) is 4.11. The third kappa shape index (κ3) is 4.22. The summed E-state index contributed by atoms with van der Waals surface area (Å²) in [7, 11) is 1.73. The van der Waals surface area contributed by atoms with Gasteiger partial charge in [0, 0.05) is 28.9 Å². The summed E-state index contributed by atoms with van der Waals surface area (Å²) in [6.07, 6.45) is 0. The molecule has 3 heteroatoms. The SMILES string of the molecule is COCc1ccc(CNC(C)(C)C)s1. The average Bonchev–Trinajstić information content (AvgIpc) is 2.49. The lowest BCUT2D eigenvalue weighted by molar-refractivity contribution is 0.187. The van der Waals surface area contributed by atoms with Crippen molar-refractivity contribution in [1.29, 1.82) is 0 Å². The van der Waals surface area contributed by atoms with Crippen LogP contribution in [-0.4, -0.2) is 12.6 Å². The van der Waals surface area contributed by atoms with Crippen LogP contribution in [0, 0.1) is 0 Å². The standard InChI is InChI=1S/C11H19NOS/c1-11(2,3)12-7-9-5-6-10(14-9)8-13-4/h5-6,12H,7-8H2,1-4H3. The molecule has 0 aliphatic rings. The number of rotatable bonds is 4. The molecule has 0 aliphatic heterocycles. The summed E-state index contributed by atoms with van der Waals surface area (Å²) < 4.78 is 5.08. The maximum absolute atomic E-state index is 5.08. The summed E-state index contributed by atoms with van der Waals surface area (Å²) in [5.74, 6) is 0. The summed E-state index contributed by atoms with van der Waals surface area (Å²) in [6, 6.07) is 4.30. The normalized spacial score (nSPS) is 12.0. The van der Waals surface area contributed by atoms with E-state index in [0.29, 0.717) is 0 Å². The number of nitrogens with one attached hydrogen (secondary N) is 1. The second kappa shape index (κ2) is 4.91. The fourth-order valence-corrected chi connectivity index (χ4v) is 2.02. The zero-order valence-electron chi connectivity index (χ0n) is 9.39. The molecule has 1 aromatic heterocycles. The number of hydrogen-bond donors (Lipinski definition) is 1. The second-order valence-corrected chi connectivity index (χ2v) is 5.66. The second-order valence-electron chi connectivity index (χ2n) is 4.40. The zero-order valence-corrected chi connectivity index (χ0v) is 10.2. The Morgan fingerprint density at radius 3 is 2.50 bits per heavy atom. The molecule has 14 heavy (non-hydrogen) atoms. The minimum atomic E-state index is 0.186. The van der Waals surface area contributed by atoms with Crippen molar-refractivity contribution in [3.8, 4) is 0 Å². The van der Waals surface area contributed by atoms with Crippen molar-refractivity contribution in [2.24, 2.45) is 0 Å². The van der Waals surface area contributed by atoms with E-state index in [-0.39, 0.29) is 5.54 Å². The van der Waals surface area contributed by atoms with Gasteiger partial charge in [-0.1, -0.05) is 0 Å². The van der Waals surface area contributed by atoms with Crippen LogP contribution >= 0.6 is 11.3 Å². The fraction of sp³-hybridized carbons (Fsp3) is 0.636. The van der Waals surface area contributed by atoms with Crippen molar-refractivity contribution in [1.82, 2.24) is 5.32 Å². The number of ether oxygens (including phenoxy) is 1. The van der Waals surface area contributed by atoms with E-state index in [1.807, 2.05) is 11.3 Å². The Labute approximate surface area is 90.3 Å². The first-order valence-electron chi connectivity index (χ1n) is 4.83. The van der Waals surface area contributed by atoms with Crippen LogP contribution < -0.4 is 5.32 Å². The minimum Gasteiger partial charge on any atom is -0.379 e. The van der Waals surface area contributed by atoms with Crippen molar-refractivity contribution in [3.63, 3.8) is 0 Å². The summed E-state index contributed by atoms with van der Waals surface area (Å²) in [4.78, 5) is 2.66. The molecule has 0 radical (unpaired) electrons. The van der Waals surface area contributed by atoms with Crippen LogP contribution in [0.25, 0.3) is 0 Å². The van der Waals surface area contributed by atoms with Gasteiger partial charge in [0.2, 0.25) is 0 Å². The number of thiophene rings is 1. The first-order valence-corrected chi connectivity index (χ1v) is 5.64. The van der Waals surface area contributed by atoms with E-state index in [1.54, 1.807) is 7.11 Å². The van der Waals surface area contributed by atoms with Crippen LogP contribution in [0.4, 0.5) is 0 Å². The molecule has 0 fully saturated rings. The van der Waals surface area contributed by atoms with E-state index in [9.17, 15) is 0 Å².